The van der Waals surface area contributed by atoms with E-state index in [9.17, 15) is 0 Å². The van der Waals surface area contributed by atoms with Crippen molar-refractivity contribution in [1.29, 1.82) is 0 Å². The predicted octanol–water partition coefficient (Wildman–Crippen LogP) is 3.38. The first kappa shape index (κ1) is 22.6. The SMILES string of the molecule is CCNC(=NCc1nnc2n1CCCC2)NCc1cc(C(CC)CC)no1.I. The average molecular weight is 501 g/mol. The van der Waals surface area contributed by atoms with Gasteiger partial charge in [-0.1, -0.05) is 19.0 Å². The molecular weight excluding hydrogens is 469 g/mol. The largest absolute Gasteiger partial charge is 0.359 e. The third-order valence-corrected chi connectivity index (χ3v) is 5.07. The first-order valence-electron chi connectivity index (χ1n) is 10.1. The van der Waals surface area contributed by atoms with E-state index < -0.39 is 0 Å². The molecule has 1 aliphatic rings. The van der Waals surface area contributed by atoms with Crippen molar-refractivity contribution in [2.75, 3.05) is 6.54 Å². The van der Waals surface area contributed by atoms with Gasteiger partial charge in [-0.25, -0.2) is 4.99 Å². The highest BCUT2D eigenvalue weighted by molar-refractivity contribution is 14.0. The van der Waals surface area contributed by atoms with Crippen LogP contribution in [0.3, 0.4) is 0 Å². The van der Waals surface area contributed by atoms with Crippen LogP contribution in [0.25, 0.3) is 0 Å². The Hall–Kier alpha value is -1.65. The molecule has 2 aromatic heterocycles. The second-order valence-electron chi connectivity index (χ2n) is 6.92. The number of rotatable bonds is 8. The van der Waals surface area contributed by atoms with Crippen LogP contribution in [0, 0.1) is 0 Å². The summed E-state index contributed by atoms with van der Waals surface area (Å²) in [5.74, 6) is 4.04. The van der Waals surface area contributed by atoms with Gasteiger partial charge < -0.3 is 19.7 Å². The molecule has 28 heavy (non-hydrogen) atoms. The highest BCUT2D eigenvalue weighted by Crippen LogP contribution is 2.22. The van der Waals surface area contributed by atoms with Crippen molar-refractivity contribution in [1.82, 2.24) is 30.6 Å². The highest BCUT2D eigenvalue weighted by Gasteiger charge is 2.16. The number of guanidine groups is 1. The van der Waals surface area contributed by atoms with Gasteiger partial charge in [0.2, 0.25) is 0 Å². The lowest BCUT2D eigenvalue weighted by Gasteiger charge is -2.14. The fourth-order valence-corrected chi connectivity index (χ4v) is 3.46. The number of aryl methyl sites for hydroxylation is 1. The third-order valence-electron chi connectivity index (χ3n) is 5.07. The van der Waals surface area contributed by atoms with E-state index in [0.29, 0.717) is 19.0 Å². The molecule has 0 radical (unpaired) electrons. The van der Waals surface area contributed by atoms with Crippen molar-refractivity contribution in [2.24, 2.45) is 4.99 Å². The molecule has 0 saturated heterocycles. The van der Waals surface area contributed by atoms with Gasteiger partial charge in [0.05, 0.1) is 12.2 Å². The van der Waals surface area contributed by atoms with Gasteiger partial charge in [-0.2, -0.15) is 0 Å². The Morgan fingerprint density at radius 1 is 1.21 bits per heavy atom. The summed E-state index contributed by atoms with van der Waals surface area (Å²) in [6, 6.07) is 2.04. The van der Waals surface area contributed by atoms with Crippen LogP contribution in [0.2, 0.25) is 0 Å². The maximum Gasteiger partial charge on any atom is 0.192 e. The summed E-state index contributed by atoms with van der Waals surface area (Å²) in [6.45, 7) is 9.26. The summed E-state index contributed by atoms with van der Waals surface area (Å²) < 4.78 is 7.68. The van der Waals surface area contributed by atoms with E-state index in [1.165, 1.54) is 12.8 Å². The molecule has 0 fully saturated rings. The first-order chi connectivity index (χ1) is 13.2. The number of fused-ring (bicyclic) bond motifs is 1. The van der Waals surface area contributed by atoms with Gasteiger partial charge in [-0.05, 0) is 32.6 Å². The second kappa shape index (κ2) is 11.4. The Balaban J connectivity index is 0.00000280. The molecule has 3 rings (SSSR count). The Morgan fingerprint density at radius 2 is 2.04 bits per heavy atom. The molecule has 0 saturated carbocycles. The van der Waals surface area contributed by atoms with Crippen LogP contribution in [0.5, 0.6) is 0 Å². The predicted molar refractivity (Wildman–Crippen MR) is 120 cm³/mol. The number of aliphatic imine (C=N–C) groups is 1. The van der Waals surface area contributed by atoms with Gasteiger partial charge in [0.15, 0.2) is 17.5 Å². The van der Waals surface area contributed by atoms with Crippen molar-refractivity contribution >= 4 is 29.9 Å². The fourth-order valence-electron chi connectivity index (χ4n) is 3.46. The average Bonchev–Trinajstić information content (AvgIpc) is 3.32. The summed E-state index contributed by atoms with van der Waals surface area (Å²) in [5.41, 5.74) is 1.04. The van der Waals surface area contributed by atoms with Gasteiger partial charge in [-0.3, -0.25) is 0 Å². The highest BCUT2D eigenvalue weighted by atomic mass is 127. The van der Waals surface area contributed by atoms with Crippen molar-refractivity contribution in [3.8, 4) is 0 Å². The Bertz CT molecular complexity index is 751. The number of nitrogens with zero attached hydrogens (tertiary/aromatic N) is 5. The number of nitrogens with one attached hydrogen (secondary N) is 2. The minimum absolute atomic E-state index is 0. The van der Waals surface area contributed by atoms with Crippen LogP contribution in [0.1, 0.15) is 75.5 Å². The maximum atomic E-state index is 5.48. The van der Waals surface area contributed by atoms with E-state index in [1.54, 1.807) is 0 Å². The summed E-state index contributed by atoms with van der Waals surface area (Å²) in [7, 11) is 0. The number of halogens is 1. The summed E-state index contributed by atoms with van der Waals surface area (Å²) in [6.07, 6.45) is 5.54. The zero-order valence-electron chi connectivity index (χ0n) is 17.1. The van der Waals surface area contributed by atoms with Gasteiger partial charge in [-0.15, -0.1) is 34.2 Å². The van der Waals surface area contributed by atoms with Gasteiger partial charge in [0.25, 0.3) is 0 Å². The molecule has 156 valence electrons. The molecule has 0 bridgehead atoms. The minimum atomic E-state index is 0. The Labute approximate surface area is 184 Å². The third kappa shape index (κ3) is 5.68. The lowest BCUT2D eigenvalue weighted by molar-refractivity contribution is 0.368. The molecule has 3 heterocycles. The molecule has 8 nitrogen and oxygen atoms in total. The molecule has 0 amide bonds. The molecule has 0 aromatic carbocycles. The number of hydrogen-bond donors (Lipinski definition) is 2. The summed E-state index contributed by atoms with van der Waals surface area (Å²) in [5, 5.41) is 19.4. The topological polar surface area (TPSA) is 93.2 Å². The molecule has 0 spiro atoms. The monoisotopic (exact) mass is 501 g/mol. The lowest BCUT2D eigenvalue weighted by atomic mass is 9.99. The summed E-state index contributed by atoms with van der Waals surface area (Å²) in [4.78, 5) is 4.66. The second-order valence-corrected chi connectivity index (χ2v) is 6.92. The molecular formula is C19H32IN7O. The maximum absolute atomic E-state index is 5.48. The zero-order valence-corrected chi connectivity index (χ0v) is 19.4. The Kier molecular flexibility index (Phi) is 9.20. The van der Waals surface area contributed by atoms with E-state index in [4.69, 9.17) is 4.52 Å². The normalized spacial score (nSPS) is 13.9. The molecule has 0 aliphatic carbocycles. The van der Waals surface area contributed by atoms with E-state index in [1.807, 2.05) is 6.07 Å². The van der Waals surface area contributed by atoms with E-state index in [2.05, 4.69) is 56.3 Å². The molecule has 9 heteroatoms. The molecule has 0 unspecified atom stereocenters. The molecule has 1 aliphatic heterocycles. The van der Waals surface area contributed by atoms with Crippen molar-refractivity contribution in [3.63, 3.8) is 0 Å². The van der Waals surface area contributed by atoms with Crippen LogP contribution in [0.4, 0.5) is 0 Å². The van der Waals surface area contributed by atoms with Crippen LogP contribution in [0.15, 0.2) is 15.6 Å². The van der Waals surface area contributed by atoms with E-state index >= 15 is 0 Å². The zero-order chi connectivity index (χ0) is 19.1. The van der Waals surface area contributed by atoms with Gasteiger partial charge >= 0.3 is 0 Å². The smallest absolute Gasteiger partial charge is 0.192 e. The van der Waals surface area contributed by atoms with Crippen LogP contribution >= 0.6 is 24.0 Å². The van der Waals surface area contributed by atoms with Crippen molar-refractivity contribution < 1.29 is 4.52 Å². The fraction of sp³-hybridized carbons (Fsp3) is 0.684. The van der Waals surface area contributed by atoms with Crippen molar-refractivity contribution in [2.45, 2.75) is 78.4 Å². The van der Waals surface area contributed by atoms with E-state index in [-0.39, 0.29) is 24.0 Å². The van der Waals surface area contributed by atoms with Crippen molar-refractivity contribution in [3.05, 3.63) is 29.2 Å². The van der Waals surface area contributed by atoms with E-state index in [0.717, 1.165) is 61.4 Å². The van der Waals surface area contributed by atoms with Gasteiger partial charge in [0.1, 0.15) is 12.4 Å². The van der Waals surface area contributed by atoms with Crippen LogP contribution in [-0.4, -0.2) is 32.4 Å². The molecule has 2 N–H and O–H groups in total. The molecule has 0 atom stereocenters. The Morgan fingerprint density at radius 3 is 2.79 bits per heavy atom. The number of hydrogen-bond acceptors (Lipinski definition) is 5. The first-order valence-corrected chi connectivity index (χ1v) is 10.1. The summed E-state index contributed by atoms with van der Waals surface area (Å²) >= 11 is 0. The minimum Gasteiger partial charge on any atom is -0.359 e. The van der Waals surface area contributed by atoms with Gasteiger partial charge in [0, 0.05) is 31.5 Å². The molecule has 2 aromatic rings. The quantitative estimate of drug-likeness (QED) is 0.327. The van der Waals surface area contributed by atoms with Crippen LogP contribution < -0.4 is 10.6 Å². The van der Waals surface area contributed by atoms with Crippen LogP contribution in [-0.2, 0) is 26.1 Å². The lowest BCUT2D eigenvalue weighted by Crippen LogP contribution is -2.36. The standard InChI is InChI=1S/C19H31N7O.HI/c1-4-14(5-2)16-11-15(27-25-16)12-21-19(20-6-3)22-13-18-24-23-17-9-7-8-10-26(17)18;/h11,14H,4-10,12-13H2,1-3H3,(H2,20,21,22);1H. The number of aromatic nitrogens is 4.